The smallest absolute Gasteiger partial charge is 0.224 e. The SMILES string of the molecule is CC1(Cc2ncc3c(OC4CCNCC4)ncc(C4CCC(O)CC4)c3n2)CC1. The number of nitrogens with zero attached hydrogens (tertiary/aromatic N) is 3. The fourth-order valence-corrected chi connectivity index (χ4v) is 4.76. The highest BCUT2D eigenvalue weighted by atomic mass is 16.5. The van der Waals surface area contributed by atoms with Crippen molar-refractivity contribution in [2.24, 2.45) is 5.41 Å². The first kappa shape index (κ1) is 19.2. The fourth-order valence-electron chi connectivity index (χ4n) is 4.76. The Morgan fingerprint density at radius 1 is 1.07 bits per heavy atom. The van der Waals surface area contributed by atoms with Gasteiger partial charge in [-0.25, -0.2) is 15.0 Å². The Bertz CT molecular complexity index is 869. The fraction of sp³-hybridized carbons (Fsp3) is 0.696. The Hall–Kier alpha value is -1.79. The van der Waals surface area contributed by atoms with Gasteiger partial charge in [-0.05, 0) is 75.8 Å². The third-order valence-corrected chi connectivity index (χ3v) is 7.05. The number of hydrogen-bond donors (Lipinski definition) is 2. The van der Waals surface area contributed by atoms with Gasteiger partial charge >= 0.3 is 0 Å². The van der Waals surface area contributed by atoms with Crippen LogP contribution in [0.25, 0.3) is 10.9 Å². The molecule has 2 aromatic rings. The van der Waals surface area contributed by atoms with Gasteiger partial charge in [0.05, 0.1) is 17.0 Å². The van der Waals surface area contributed by atoms with Crippen LogP contribution in [0.15, 0.2) is 12.4 Å². The van der Waals surface area contributed by atoms with Gasteiger partial charge in [-0.2, -0.15) is 0 Å². The Kier molecular flexibility index (Phi) is 5.16. The quantitative estimate of drug-likeness (QED) is 0.805. The number of nitrogens with one attached hydrogen (secondary N) is 1. The van der Waals surface area contributed by atoms with Gasteiger partial charge in [0.25, 0.3) is 0 Å². The molecule has 1 saturated heterocycles. The van der Waals surface area contributed by atoms with Crippen molar-refractivity contribution in [2.45, 2.75) is 82.8 Å². The lowest BCUT2D eigenvalue weighted by Crippen LogP contribution is -2.34. The highest BCUT2D eigenvalue weighted by Gasteiger charge is 2.38. The predicted molar refractivity (Wildman–Crippen MR) is 112 cm³/mol. The Morgan fingerprint density at radius 3 is 2.55 bits per heavy atom. The maximum absolute atomic E-state index is 9.93. The molecule has 1 aliphatic heterocycles. The molecule has 5 rings (SSSR count). The van der Waals surface area contributed by atoms with E-state index < -0.39 is 0 Å². The molecule has 6 nitrogen and oxygen atoms in total. The molecule has 2 aliphatic carbocycles. The summed E-state index contributed by atoms with van der Waals surface area (Å²) in [6.45, 7) is 4.30. The van der Waals surface area contributed by atoms with Crippen LogP contribution in [0.1, 0.15) is 75.6 Å². The molecule has 0 aromatic carbocycles. The van der Waals surface area contributed by atoms with Crippen molar-refractivity contribution in [3.05, 3.63) is 23.8 Å². The van der Waals surface area contributed by atoms with E-state index in [9.17, 15) is 5.11 Å². The van der Waals surface area contributed by atoms with E-state index in [-0.39, 0.29) is 12.2 Å². The molecule has 0 amide bonds. The number of pyridine rings is 1. The molecule has 0 bridgehead atoms. The van der Waals surface area contributed by atoms with Gasteiger partial charge in [0.15, 0.2) is 0 Å². The zero-order chi connectivity index (χ0) is 19.8. The Balaban J connectivity index is 1.50. The molecule has 2 saturated carbocycles. The Morgan fingerprint density at radius 2 is 1.83 bits per heavy atom. The average molecular weight is 397 g/mol. The van der Waals surface area contributed by atoms with E-state index in [0.29, 0.717) is 17.2 Å². The number of hydrogen-bond acceptors (Lipinski definition) is 6. The number of rotatable bonds is 5. The van der Waals surface area contributed by atoms with Crippen molar-refractivity contribution in [3.8, 4) is 5.88 Å². The van der Waals surface area contributed by atoms with Gasteiger partial charge < -0.3 is 15.2 Å². The first-order chi connectivity index (χ1) is 14.1. The van der Waals surface area contributed by atoms with Crippen LogP contribution < -0.4 is 10.1 Å². The minimum absolute atomic E-state index is 0.159. The summed E-state index contributed by atoms with van der Waals surface area (Å²) in [6, 6.07) is 0. The number of piperidine rings is 1. The lowest BCUT2D eigenvalue weighted by molar-refractivity contribution is 0.122. The summed E-state index contributed by atoms with van der Waals surface area (Å²) in [7, 11) is 0. The Labute approximate surface area is 172 Å². The molecular formula is C23H32N4O2. The van der Waals surface area contributed by atoms with Crippen LogP contribution in [0.5, 0.6) is 5.88 Å². The predicted octanol–water partition coefficient (Wildman–Crippen LogP) is 3.52. The third-order valence-electron chi connectivity index (χ3n) is 7.05. The van der Waals surface area contributed by atoms with Gasteiger partial charge in [-0.1, -0.05) is 6.92 Å². The molecule has 29 heavy (non-hydrogen) atoms. The van der Waals surface area contributed by atoms with Crippen LogP contribution in [-0.4, -0.2) is 45.4 Å². The molecule has 2 N–H and O–H groups in total. The van der Waals surface area contributed by atoms with E-state index >= 15 is 0 Å². The van der Waals surface area contributed by atoms with E-state index in [1.165, 1.54) is 18.4 Å². The van der Waals surface area contributed by atoms with Crippen LogP contribution in [0.2, 0.25) is 0 Å². The van der Waals surface area contributed by atoms with Gasteiger partial charge in [-0.3, -0.25) is 0 Å². The minimum Gasteiger partial charge on any atom is -0.474 e. The number of aliphatic hydroxyl groups excluding tert-OH is 1. The van der Waals surface area contributed by atoms with Crippen molar-refractivity contribution in [2.75, 3.05) is 13.1 Å². The van der Waals surface area contributed by atoms with Crippen LogP contribution >= 0.6 is 0 Å². The molecule has 156 valence electrons. The largest absolute Gasteiger partial charge is 0.474 e. The standard InChI is InChI=1S/C23H32N4O2/c1-23(8-9-23)12-20-25-14-19-21(27-20)18(15-2-4-16(28)5-3-15)13-26-22(19)29-17-6-10-24-11-7-17/h13-17,24,28H,2-12H2,1H3. The van der Waals surface area contributed by atoms with Crippen molar-refractivity contribution < 1.29 is 9.84 Å². The summed E-state index contributed by atoms with van der Waals surface area (Å²) in [4.78, 5) is 14.5. The molecule has 0 atom stereocenters. The van der Waals surface area contributed by atoms with Crippen molar-refractivity contribution in [1.82, 2.24) is 20.3 Å². The van der Waals surface area contributed by atoms with E-state index in [1.807, 2.05) is 12.4 Å². The molecule has 3 heterocycles. The van der Waals surface area contributed by atoms with Gasteiger partial charge in [-0.15, -0.1) is 0 Å². The first-order valence-corrected chi connectivity index (χ1v) is 11.3. The molecular weight excluding hydrogens is 364 g/mol. The maximum atomic E-state index is 9.93. The van der Waals surface area contributed by atoms with E-state index in [2.05, 4.69) is 12.2 Å². The van der Waals surface area contributed by atoms with Gasteiger partial charge in [0.2, 0.25) is 5.88 Å². The molecule has 3 fully saturated rings. The highest BCUT2D eigenvalue weighted by Crippen LogP contribution is 2.47. The average Bonchev–Trinajstić information content (AvgIpc) is 3.46. The first-order valence-electron chi connectivity index (χ1n) is 11.3. The van der Waals surface area contributed by atoms with Crippen LogP contribution in [0.3, 0.4) is 0 Å². The maximum Gasteiger partial charge on any atom is 0.224 e. The van der Waals surface area contributed by atoms with Crippen LogP contribution in [-0.2, 0) is 6.42 Å². The normalized spacial score (nSPS) is 27.1. The van der Waals surface area contributed by atoms with Crippen LogP contribution in [0, 0.1) is 5.41 Å². The minimum atomic E-state index is -0.159. The van der Waals surface area contributed by atoms with Crippen molar-refractivity contribution in [1.29, 1.82) is 0 Å². The summed E-state index contributed by atoms with van der Waals surface area (Å²) in [6.07, 6.45) is 13.1. The lowest BCUT2D eigenvalue weighted by atomic mass is 9.82. The van der Waals surface area contributed by atoms with Gasteiger partial charge in [0.1, 0.15) is 11.9 Å². The molecule has 2 aromatic heterocycles. The third kappa shape index (κ3) is 4.24. The summed E-state index contributed by atoms with van der Waals surface area (Å²) in [5, 5.41) is 14.3. The summed E-state index contributed by atoms with van der Waals surface area (Å²) in [5.41, 5.74) is 2.60. The van der Waals surface area contributed by atoms with E-state index in [0.717, 1.165) is 74.8 Å². The topological polar surface area (TPSA) is 80.2 Å². The van der Waals surface area contributed by atoms with E-state index in [1.54, 1.807) is 0 Å². The second-order valence-corrected chi connectivity index (χ2v) is 9.63. The molecule has 0 spiro atoms. The monoisotopic (exact) mass is 396 g/mol. The van der Waals surface area contributed by atoms with E-state index in [4.69, 9.17) is 19.7 Å². The number of fused-ring (bicyclic) bond motifs is 1. The molecule has 6 heteroatoms. The zero-order valence-electron chi connectivity index (χ0n) is 17.4. The summed E-state index contributed by atoms with van der Waals surface area (Å²) < 4.78 is 6.31. The number of aliphatic hydroxyl groups is 1. The molecule has 0 radical (unpaired) electrons. The summed E-state index contributed by atoms with van der Waals surface area (Å²) in [5.74, 6) is 2.02. The molecule has 0 unspecified atom stereocenters. The number of aromatic nitrogens is 3. The highest BCUT2D eigenvalue weighted by molar-refractivity contribution is 5.85. The van der Waals surface area contributed by atoms with Crippen molar-refractivity contribution in [3.63, 3.8) is 0 Å². The number of ether oxygens (including phenoxy) is 1. The second kappa shape index (κ2) is 7.80. The van der Waals surface area contributed by atoms with Crippen LogP contribution in [0.4, 0.5) is 0 Å². The lowest BCUT2D eigenvalue weighted by Gasteiger charge is -2.27. The summed E-state index contributed by atoms with van der Waals surface area (Å²) >= 11 is 0. The van der Waals surface area contributed by atoms with Crippen molar-refractivity contribution >= 4 is 10.9 Å². The molecule has 3 aliphatic rings. The zero-order valence-corrected chi connectivity index (χ0v) is 17.4. The van der Waals surface area contributed by atoms with Gasteiger partial charge in [0, 0.05) is 24.4 Å². The second-order valence-electron chi connectivity index (χ2n) is 9.63.